The summed E-state index contributed by atoms with van der Waals surface area (Å²) < 4.78 is 15.2. The number of nitrogens with zero attached hydrogens (tertiary/aromatic N) is 3. The van der Waals surface area contributed by atoms with Gasteiger partial charge < -0.3 is 19.3 Å². The average Bonchev–Trinajstić information content (AvgIpc) is 2.54. The summed E-state index contributed by atoms with van der Waals surface area (Å²) >= 11 is 0. The Hall–Kier alpha value is -3.43. The molecule has 0 unspecified atom stereocenters. The number of hydrogen-bond donors (Lipinski definition) is 1. The molecule has 120 valence electrons. The lowest BCUT2D eigenvalue weighted by Crippen LogP contribution is -2.04. The number of methoxy groups -OCH3 is 2. The van der Waals surface area contributed by atoms with Gasteiger partial charge in [-0.3, -0.25) is 10.1 Å². The van der Waals surface area contributed by atoms with E-state index in [4.69, 9.17) is 19.3 Å². The number of benzene rings is 1. The van der Waals surface area contributed by atoms with Gasteiger partial charge in [-0.1, -0.05) is 0 Å². The summed E-state index contributed by atoms with van der Waals surface area (Å²) in [6.07, 6.45) is 0. The van der Waals surface area contributed by atoms with Crippen LogP contribution < -0.4 is 14.2 Å². The number of carbonyl (C=O) groups is 1. The first-order valence-corrected chi connectivity index (χ1v) is 6.11. The number of carboxylic acids is 1. The lowest BCUT2D eigenvalue weighted by atomic mass is 10.2. The molecule has 2 aromatic rings. The van der Waals surface area contributed by atoms with Crippen LogP contribution >= 0.6 is 0 Å². The van der Waals surface area contributed by atoms with Crippen LogP contribution in [-0.2, 0) is 0 Å². The first-order valence-electron chi connectivity index (χ1n) is 6.11. The molecule has 1 aromatic carbocycles. The van der Waals surface area contributed by atoms with Gasteiger partial charge in [0.25, 0.3) is 5.69 Å². The van der Waals surface area contributed by atoms with E-state index in [2.05, 4.69) is 9.97 Å². The highest BCUT2D eigenvalue weighted by atomic mass is 16.6. The van der Waals surface area contributed by atoms with Crippen molar-refractivity contribution in [2.75, 3.05) is 14.2 Å². The molecule has 0 radical (unpaired) electrons. The predicted molar refractivity (Wildman–Crippen MR) is 75.3 cm³/mol. The van der Waals surface area contributed by atoms with Crippen LogP contribution in [0.2, 0.25) is 0 Å². The zero-order valence-electron chi connectivity index (χ0n) is 12.0. The highest BCUT2D eigenvalue weighted by molar-refractivity contribution is 5.91. The molecule has 0 spiro atoms. The number of aromatic nitrogens is 2. The summed E-state index contributed by atoms with van der Waals surface area (Å²) in [5, 5.41) is 19.9. The van der Waals surface area contributed by atoms with E-state index in [0.717, 1.165) is 18.2 Å². The van der Waals surface area contributed by atoms with Gasteiger partial charge in [-0.25, -0.2) is 4.79 Å². The third-order valence-corrected chi connectivity index (χ3v) is 2.68. The van der Waals surface area contributed by atoms with Gasteiger partial charge in [0.1, 0.15) is 11.3 Å². The zero-order valence-corrected chi connectivity index (χ0v) is 12.0. The molecular formula is C13H11N3O7. The SMILES string of the molecule is COc1cc(OC)nc(Oc2ccc([N+](=O)[O-])cc2C(=O)O)n1. The second-order valence-electron chi connectivity index (χ2n) is 4.08. The van der Waals surface area contributed by atoms with E-state index >= 15 is 0 Å². The van der Waals surface area contributed by atoms with Crippen LogP contribution in [0.1, 0.15) is 10.4 Å². The van der Waals surface area contributed by atoms with Gasteiger partial charge in [-0.15, -0.1) is 0 Å². The summed E-state index contributed by atoms with van der Waals surface area (Å²) in [5.74, 6) is -1.26. The second-order valence-corrected chi connectivity index (χ2v) is 4.08. The van der Waals surface area contributed by atoms with Gasteiger partial charge in [0, 0.05) is 12.1 Å². The van der Waals surface area contributed by atoms with Crippen LogP contribution in [0.3, 0.4) is 0 Å². The molecule has 10 nitrogen and oxygen atoms in total. The summed E-state index contributed by atoms with van der Waals surface area (Å²) in [4.78, 5) is 29.0. The van der Waals surface area contributed by atoms with Crippen molar-refractivity contribution in [2.24, 2.45) is 0 Å². The van der Waals surface area contributed by atoms with Gasteiger partial charge in [0.2, 0.25) is 11.8 Å². The number of rotatable bonds is 6. The van der Waals surface area contributed by atoms with Crippen LogP contribution in [0.4, 0.5) is 5.69 Å². The molecule has 2 rings (SSSR count). The van der Waals surface area contributed by atoms with Gasteiger partial charge in [-0.05, 0) is 6.07 Å². The number of carboxylic acid groups (broad SMARTS) is 1. The minimum absolute atomic E-state index is 0.144. The molecule has 10 heteroatoms. The van der Waals surface area contributed by atoms with Crippen molar-refractivity contribution < 1.29 is 29.0 Å². The minimum atomic E-state index is -1.39. The Morgan fingerprint density at radius 2 is 1.78 bits per heavy atom. The van der Waals surface area contributed by atoms with E-state index in [0.29, 0.717) is 0 Å². The normalized spacial score (nSPS) is 10.0. The van der Waals surface area contributed by atoms with Crippen molar-refractivity contribution in [3.8, 4) is 23.5 Å². The highest BCUT2D eigenvalue weighted by Crippen LogP contribution is 2.29. The smallest absolute Gasteiger partial charge is 0.339 e. The number of ether oxygens (including phenoxy) is 3. The fourth-order valence-corrected chi connectivity index (χ4v) is 1.62. The molecule has 1 aromatic heterocycles. The van der Waals surface area contributed by atoms with Crippen LogP contribution in [0.5, 0.6) is 23.5 Å². The fraction of sp³-hybridized carbons (Fsp3) is 0.154. The molecule has 1 heterocycles. The molecular weight excluding hydrogens is 310 g/mol. The molecule has 0 aliphatic heterocycles. The van der Waals surface area contributed by atoms with Crippen molar-refractivity contribution >= 4 is 11.7 Å². The average molecular weight is 321 g/mol. The molecule has 0 fully saturated rings. The van der Waals surface area contributed by atoms with Crippen molar-refractivity contribution in [3.63, 3.8) is 0 Å². The van der Waals surface area contributed by atoms with Crippen molar-refractivity contribution in [1.29, 1.82) is 0 Å². The van der Waals surface area contributed by atoms with E-state index in [1.165, 1.54) is 20.3 Å². The largest absolute Gasteiger partial charge is 0.481 e. The number of non-ortho nitro benzene ring substituents is 1. The van der Waals surface area contributed by atoms with Crippen molar-refractivity contribution in [3.05, 3.63) is 39.9 Å². The Bertz CT molecular complexity index is 741. The molecule has 23 heavy (non-hydrogen) atoms. The summed E-state index contributed by atoms with van der Waals surface area (Å²) in [6.45, 7) is 0. The van der Waals surface area contributed by atoms with Gasteiger partial charge in [0.15, 0.2) is 0 Å². The van der Waals surface area contributed by atoms with Crippen LogP contribution in [0.15, 0.2) is 24.3 Å². The monoisotopic (exact) mass is 321 g/mol. The van der Waals surface area contributed by atoms with Gasteiger partial charge in [-0.2, -0.15) is 9.97 Å². The summed E-state index contributed by atoms with van der Waals surface area (Å²) in [5.41, 5.74) is -0.775. The Kier molecular flexibility index (Phi) is 4.55. The van der Waals surface area contributed by atoms with Crippen molar-refractivity contribution in [1.82, 2.24) is 9.97 Å². The molecule has 0 atom stereocenters. The standard InChI is InChI=1S/C13H11N3O7/c1-21-10-6-11(22-2)15-13(14-10)23-9-4-3-7(16(19)20)5-8(9)12(17)18/h3-6H,1-2H3,(H,17,18). The number of nitro benzene ring substituents is 1. The van der Waals surface area contributed by atoms with Gasteiger partial charge in [0.05, 0.1) is 25.2 Å². The highest BCUT2D eigenvalue weighted by Gasteiger charge is 2.19. The minimum Gasteiger partial charge on any atom is -0.481 e. The molecule has 0 saturated heterocycles. The molecule has 0 saturated carbocycles. The quantitative estimate of drug-likeness (QED) is 0.625. The zero-order chi connectivity index (χ0) is 17.0. The Morgan fingerprint density at radius 1 is 1.17 bits per heavy atom. The van der Waals surface area contributed by atoms with Crippen LogP contribution in [0.25, 0.3) is 0 Å². The number of hydrogen-bond acceptors (Lipinski definition) is 8. The molecule has 0 aliphatic rings. The molecule has 0 aliphatic carbocycles. The maximum atomic E-state index is 11.2. The van der Waals surface area contributed by atoms with E-state index in [-0.39, 0.29) is 29.2 Å². The third kappa shape index (κ3) is 3.61. The second kappa shape index (κ2) is 6.56. The summed E-state index contributed by atoms with van der Waals surface area (Å²) in [7, 11) is 2.75. The number of aromatic carboxylic acids is 1. The Morgan fingerprint density at radius 3 is 2.26 bits per heavy atom. The predicted octanol–water partition coefficient (Wildman–Crippen LogP) is 1.89. The van der Waals surface area contributed by atoms with E-state index in [1.807, 2.05) is 0 Å². The van der Waals surface area contributed by atoms with Crippen LogP contribution in [-0.4, -0.2) is 40.2 Å². The number of nitro groups is 1. The molecule has 0 bridgehead atoms. The fourth-order valence-electron chi connectivity index (χ4n) is 1.62. The first kappa shape index (κ1) is 15.9. The Balaban J connectivity index is 2.43. The maximum Gasteiger partial charge on any atom is 0.339 e. The lowest BCUT2D eigenvalue weighted by Gasteiger charge is -2.09. The third-order valence-electron chi connectivity index (χ3n) is 2.68. The summed E-state index contributed by atoms with van der Waals surface area (Å²) in [6, 6.07) is 4.32. The van der Waals surface area contributed by atoms with Crippen LogP contribution in [0, 0.1) is 10.1 Å². The van der Waals surface area contributed by atoms with E-state index < -0.39 is 16.5 Å². The van der Waals surface area contributed by atoms with E-state index in [1.54, 1.807) is 0 Å². The lowest BCUT2D eigenvalue weighted by molar-refractivity contribution is -0.384. The topological polar surface area (TPSA) is 134 Å². The molecule has 0 amide bonds. The van der Waals surface area contributed by atoms with E-state index in [9.17, 15) is 14.9 Å². The Labute approximate surface area is 129 Å². The first-order chi connectivity index (χ1) is 10.9. The maximum absolute atomic E-state index is 11.2. The van der Waals surface area contributed by atoms with Crippen molar-refractivity contribution in [2.45, 2.75) is 0 Å². The molecule has 1 N–H and O–H groups in total. The van der Waals surface area contributed by atoms with Gasteiger partial charge >= 0.3 is 12.0 Å².